The number of halogens is 1. The average molecular weight is 332 g/mol. The van der Waals surface area contributed by atoms with Gasteiger partial charge in [0.1, 0.15) is 5.15 Å². The average Bonchev–Trinajstić information content (AvgIpc) is 2.45. The monoisotopic (exact) mass is 331 g/mol. The summed E-state index contributed by atoms with van der Waals surface area (Å²) in [6.45, 7) is 2.98. The van der Waals surface area contributed by atoms with Crippen LogP contribution in [-0.4, -0.2) is 43.2 Å². The van der Waals surface area contributed by atoms with Crippen LogP contribution in [0.5, 0.6) is 0 Å². The second kappa shape index (κ2) is 6.72. The number of rotatable bonds is 4. The second-order valence-electron chi connectivity index (χ2n) is 5.10. The number of pyridine rings is 1. The molecule has 0 aromatic carbocycles. The van der Waals surface area contributed by atoms with Crippen LogP contribution in [0.2, 0.25) is 5.15 Å². The number of carbonyl (C=O) groups excluding carboxylic acids is 1. The maximum absolute atomic E-state index is 12.5. The number of nitrogens with zero attached hydrogens (tertiary/aromatic N) is 2. The molecule has 2 rings (SSSR count). The lowest BCUT2D eigenvalue weighted by Gasteiger charge is -2.31. The van der Waals surface area contributed by atoms with Crippen molar-refractivity contribution < 1.29 is 13.2 Å². The Morgan fingerprint density at radius 2 is 2.14 bits per heavy atom. The van der Waals surface area contributed by atoms with Gasteiger partial charge in [0.2, 0.25) is 15.9 Å². The van der Waals surface area contributed by atoms with Gasteiger partial charge in [-0.15, -0.1) is 0 Å². The molecule has 0 bridgehead atoms. The van der Waals surface area contributed by atoms with Crippen molar-refractivity contribution in [1.82, 2.24) is 14.6 Å². The van der Waals surface area contributed by atoms with Crippen LogP contribution in [-0.2, 0) is 14.8 Å². The van der Waals surface area contributed by atoms with E-state index >= 15 is 0 Å². The minimum Gasteiger partial charge on any atom is -0.356 e. The zero-order chi connectivity index (χ0) is 15.5. The van der Waals surface area contributed by atoms with Crippen molar-refractivity contribution in [2.24, 2.45) is 5.92 Å². The SMILES string of the molecule is CC(=O)NCC1CCN(S(=O)(=O)c2ccnc(Cl)c2)CC1. The topological polar surface area (TPSA) is 79.4 Å². The number of amides is 1. The van der Waals surface area contributed by atoms with Crippen LogP contribution >= 0.6 is 11.6 Å². The van der Waals surface area contributed by atoms with Crippen LogP contribution in [0, 0.1) is 5.92 Å². The number of carbonyl (C=O) groups is 1. The first kappa shape index (κ1) is 16.2. The molecule has 6 nitrogen and oxygen atoms in total. The summed E-state index contributed by atoms with van der Waals surface area (Å²) in [7, 11) is -3.52. The number of nitrogens with one attached hydrogen (secondary N) is 1. The normalized spacial score (nSPS) is 17.6. The molecule has 1 aromatic heterocycles. The summed E-state index contributed by atoms with van der Waals surface area (Å²) in [5.74, 6) is 0.262. The highest BCUT2D eigenvalue weighted by Crippen LogP contribution is 2.24. The van der Waals surface area contributed by atoms with Crippen LogP contribution in [0.4, 0.5) is 0 Å². The minimum absolute atomic E-state index is 0.0588. The standard InChI is InChI=1S/C13H18ClN3O3S/c1-10(18)16-9-11-3-6-17(7-4-11)21(19,20)12-2-5-15-13(14)8-12/h2,5,8,11H,3-4,6-7,9H2,1H3,(H,16,18). The molecule has 1 aliphatic heterocycles. The predicted molar refractivity (Wildman–Crippen MR) is 79.4 cm³/mol. The third-order valence-electron chi connectivity index (χ3n) is 3.55. The predicted octanol–water partition coefficient (Wildman–Crippen LogP) is 1.27. The van der Waals surface area contributed by atoms with Gasteiger partial charge in [-0.05, 0) is 30.9 Å². The fourth-order valence-electron chi connectivity index (χ4n) is 2.34. The zero-order valence-electron chi connectivity index (χ0n) is 11.8. The van der Waals surface area contributed by atoms with E-state index in [1.807, 2.05) is 0 Å². The molecule has 0 saturated carbocycles. The molecule has 8 heteroatoms. The molecule has 1 aliphatic rings. The quantitative estimate of drug-likeness (QED) is 0.843. The van der Waals surface area contributed by atoms with Gasteiger partial charge in [0.15, 0.2) is 0 Å². The van der Waals surface area contributed by atoms with Crippen LogP contribution in [0.15, 0.2) is 23.2 Å². The number of hydrogen-bond acceptors (Lipinski definition) is 4. The molecule has 0 aliphatic carbocycles. The molecule has 1 N–H and O–H groups in total. The van der Waals surface area contributed by atoms with Crippen LogP contribution in [0.25, 0.3) is 0 Å². The number of aromatic nitrogens is 1. The lowest BCUT2D eigenvalue weighted by atomic mass is 9.98. The second-order valence-corrected chi connectivity index (χ2v) is 7.42. The zero-order valence-corrected chi connectivity index (χ0v) is 13.3. The number of piperidine rings is 1. The lowest BCUT2D eigenvalue weighted by molar-refractivity contribution is -0.119. The molecule has 1 saturated heterocycles. The Morgan fingerprint density at radius 1 is 1.48 bits per heavy atom. The van der Waals surface area contributed by atoms with E-state index in [4.69, 9.17) is 11.6 Å². The number of hydrogen-bond donors (Lipinski definition) is 1. The minimum atomic E-state index is -3.52. The van der Waals surface area contributed by atoms with E-state index in [-0.39, 0.29) is 16.0 Å². The van der Waals surface area contributed by atoms with Gasteiger partial charge in [0.05, 0.1) is 4.90 Å². The smallest absolute Gasteiger partial charge is 0.243 e. The van der Waals surface area contributed by atoms with E-state index in [1.54, 1.807) is 0 Å². The van der Waals surface area contributed by atoms with E-state index in [0.29, 0.717) is 25.6 Å². The third kappa shape index (κ3) is 4.15. The summed E-state index contributed by atoms with van der Waals surface area (Å²) in [5.41, 5.74) is 0. The van der Waals surface area contributed by atoms with Crippen molar-refractivity contribution in [3.05, 3.63) is 23.5 Å². The summed E-state index contributed by atoms with van der Waals surface area (Å²) in [6, 6.07) is 2.81. The van der Waals surface area contributed by atoms with Gasteiger partial charge in [0.25, 0.3) is 0 Å². The fourth-order valence-corrected chi connectivity index (χ4v) is 4.06. The molecule has 21 heavy (non-hydrogen) atoms. The molecular weight excluding hydrogens is 314 g/mol. The first-order chi connectivity index (χ1) is 9.89. The van der Waals surface area contributed by atoms with E-state index in [0.717, 1.165) is 12.8 Å². The van der Waals surface area contributed by atoms with Crippen molar-refractivity contribution >= 4 is 27.5 Å². The van der Waals surface area contributed by atoms with Crippen molar-refractivity contribution in [2.75, 3.05) is 19.6 Å². The Kier molecular flexibility index (Phi) is 5.18. The van der Waals surface area contributed by atoms with Gasteiger partial charge in [-0.25, -0.2) is 13.4 Å². The highest BCUT2D eigenvalue weighted by molar-refractivity contribution is 7.89. The Balaban J connectivity index is 1.99. The van der Waals surface area contributed by atoms with Crippen molar-refractivity contribution in [3.63, 3.8) is 0 Å². The molecule has 0 radical (unpaired) electrons. The summed E-state index contributed by atoms with van der Waals surface area (Å²) < 4.78 is 26.4. The Bertz CT molecular complexity index is 613. The molecule has 1 fully saturated rings. The summed E-state index contributed by atoms with van der Waals surface area (Å²) in [4.78, 5) is 14.9. The Hall–Kier alpha value is -1.18. The van der Waals surface area contributed by atoms with Crippen LogP contribution in [0.3, 0.4) is 0 Å². The van der Waals surface area contributed by atoms with Crippen molar-refractivity contribution in [3.8, 4) is 0 Å². The maximum Gasteiger partial charge on any atom is 0.243 e. The summed E-state index contributed by atoms with van der Waals surface area (Å²) in [6.07, 6.45) is 2.86. The number of sulfonamides is 1. The van der Waals surface area contributed by atoms with Gasteiger partial charge >= 0.3 is 0 Å². The highest BCUT2D eigenvalue weighted by Gasteiger charge is 2.29. The molecule has 2 heterocycles. The van der Waals surface area contributed by atoms with Gasteiger partial charge in [-0.2, -0.15) is 4.31 Å². The Labute approximate surface area is 129 Å². The van der Waals surface area contributed by atoms with Crippen LogP contribution in [0.1, 0.15) is 19.8 Å². The van der Waals surface area contributed by atoms with Gasteiger partial charge in [-0.3, -0.25) is 4.79 Å². The van der Waals surface area contributed by atoms with Gasteiger partial charge < -0.3 is 5.32 Å². The molecule has 0 unspecified atom stereocenters. The molecule has 1 amide bonds. The first-order valence-corrected chi connectivity index (χ1v) is 8.57. The van der Waals surface area contributed by atoms with Crippen molar-refractivity contribution in [2.45, 2.75) is 24.7 Å². The maximum atomic E-state index is 12.5. The summed E-state index contributed by atoms with van der Waals surface area (Å²) in [5, 5.41) is 2.94. The van der Waals surface area contributed by atoms with Gasteiger partial charge in [-0.1, -0.05) is 11.6 Å². The molecule has 0 atom stereocenters. The van der Waals surface area contributed by atoms with Crippen molar-refractivity contribution in [1.29, 1.82) is 0 Å². The molecular formula is C13H18ClN3O3S. The highest BCUT2D eigenvalue weighted by atomic mass is 35.5. The lowest BCUT2D eigenvalue weighted by Crippen LogP contribution is -2.41. The van der Waals surface area contributed by atoms with E-state index in [1.165, 1.54) is 29.6 Å². The molecule has 0 spiro atoms. The van der Waals surface area contributed by atoms with Crippen LogP contribution < -0.4 is 5.32 Å². The summed E-state index contributed by atoms with van der Waals surface area (Å²) >= 11 is 5.75. The Morgan fingerprint density at radius 3 is 2.71 bits per heavy atom. The first-order valence-electron chi connectivity index (χ1n) is 6.76. The van der Waals surface area contributed by atoms with E-state index in [2.05, 4.69) is 10.3 Å². The van der Waals surface area contributed by atoms with Gasteiger partial charge in [0, 0.05) is 32.8 Å². The molecule has 1 aromatic rings. The molecule has 116 valence electrons. The fraction of sp³-hybridized carbons (Fsp3) is 0.538. The van der Waals surface area contributed by atoms with E-state index in [9.17, 15) is 13.2 Å². The third-order valence-corrected chi connectivity index (χ3v) is 5.65. The largest absolute Gasteiger partial charge is 0.356 e. The van der Waals surface area contributed by atoms with E-state index < -0.39 is 10.0 Å².